The molecule has 7 aromatic rings. The van der Waals surface area contributed by atoms with Crippen LogP contribution in [0.15, 0.2) is 121 Å². The number of fused-ring (bicyclic) bond motifs is 4. The Morgan fingerprint density at radius 3 is 2.12 bits per heavy atom. The number of hydrogen-bond acceptors (Lipinski definition) is 1. The van der Waals surface area contributed by atoms with Crippen LogP contribution >= 0.6 is 0 Å². The molecule has 0 radical (unpaired) electrons. The van der Waals surface area contributed by atoms with Crippen LogP contribution in [0.3, 0.4) is 0 Å². The van der Waals surface area contributed by atoms with E-state index in [-0.39, 0.29) is 5.92 Å². The van der Waals surface area contributed by atoms with Crippen molar-refractivity contribution in [2.45, 2.75) is 33.1 Å². The summed E-state index contributed by atoms with van der Waals surface area (Å²) in [5.74, 6) is 0.259. The predicted octanol–water partition coefficient (Wildman–Crippen LogP) is 11.0. The highest BCUT2D eigenvalue weighted by atomic mass is 14.7. The number of aryl methyl sites for hydroxylation is 3. The zero-order valence-electron chi connectivity index (χ0n) is 24.9. The first-order valence-electron chi connectivity index (χ1n) is 15.2. The molecule has 1 nitrogen and oxygen atoms in total. The van der Waals surface area contributed by atoms with Crippen LogP contribution in [0.4, 0.5) is 0 Å². The number of hydrogen-bond donors (Lipinski definition) is 0. The average molecular weight is 552 g/mol. The van der Waals surface area contributed by atoms with Gasteiger partial charge in [-0.15, -0.1) is 0 Å². The third-order valence-corrected chi connectivity index (χ3v) is 9.40. The van der Waals surface area contributed by atoms with Gasteiger partial charge in [-0.3, -0.25) is 0 Å². The van der Waals surface area contributed by atoms with E-state index in [0.29, 0.717) is 0 Å². The molecule has 1 aliphatic rings. The number of allylic oxidation sites excluding steroid dienone is 1. The van der Waals surface area contributed by atoms with Gasteiger partial charge in [0.15, 0.2) is 0 Å². The molecule has 206 valence electrons. The van der Waals surface area contributed by atoms with E-state index < -0.39 is 0 Å². The van der Waals surface area contributed by atoms with E-state index in [0.717, 1.165) is 23.0 Å². The molecule has 1 aliphatic carbocycles. The lowest BCUT2D eigenvalue weighted by molar-refractivity contribution is 0.847. The number of aromatic nitrogens is 1. The second-order valence-corrected chi connectivity index (χ2v) is 12.1. The first-order chi connectivity index (χ1) is 21.0. The molecule has 0 spiro atoms. The van der Waals surface area contributed by atoms with Gasteiger partial charge in [0.1, 0.15) is 0 Å². The summed E-state index contributed by atoms with van der Waals surface area (Å²) in [7, 11) is 0. The van der Waals surface area contributed by atoms with E-state index in [1.54, 1.807) is 0 Å². The minimum atomic E-state index is 0.259. The lowest BCUT2D eigenvalue weighted by atomic mass is 9.74. The molecular weight excluding hydrogens is 518 g/mol. The van der Waals surface area contributed by atoms with Crippen molar-refractivity contribution < 1.29 is 0 Å². The first kappa shape index (κ1) is 25.7. The summed E-state index contributed by atoms with van der Waals surface area (Å²) in [5, 5.41) is 6.29. The summed E-state index contributed by atoms with van der Waals surface area (Å²) in [4.78, 5) is 5.24. The van der Waals surface area contributed by atoms with Crippen LogP contribution < -0.4 is 0 Å². The smallest absolute Gasteiger partial charge is 0.0722 e. The number of nitrogens with zero attached hydrogens (tertiary/aromatic N) is 1. The molecule has 1 atom stereocenters. The largest absolute Gasteiger partial charge is 0.248 e. The fourth-order valence-electron chi connectivity index (χ4n) is 7.08. The predicted molar refractivity (Wildman–Crippen MR) is 184 cm³/mol. The maximum atomic E-state index is 5.24. The fourth-order valence-corrected chi connectivity index (χ4v) is 7.08. The van der Waals surface area contributed by atoms with Crippen molar-refractivity contribution in [3.63, 3.8) is 0 Å². The molecule has 0 fully saturated rings. The molecule has 1 unspecified atom stereocenters. The summed E-state index contributed by atoms with van der Waals surface area (Å²) < 4.78 is 0. The van der Waals surface area contributed by atoms with Crippen molar-refractivity contribution in [3.8, 4) is 11.3 Å². The molecule has 1 aromatic heterocycles. The molecule has 0 aliphatic heterocycles. The Kier molecular flexibility index (Phi) is 6.01. The summed E-state index contributed by atoms with van der Waals surface area (Å²) in [5.41, 5.74) is 14.0. The topological polar surface area (TPSA) is 12.9 Å². The van der Waals surface area contributed by atoms with E-state index >= 15 is 0 Å². The van der Waals surface area contributed by atoms with Crippen LogP contribution in [0.5, 0.6) is 0 Å². The van der Waals surface area contributed by atoms with Crippen molar-refractivity contribution >= 4 is 44.1 Å². The highest BCUT2D eigenvalue weighted by Gasteiger charge is 2.28. The lowest BCUT2D eigenvalue weighted by Crippen LogP contribution is -2.12. The minimum Gasteiger partial charge on any atom is -0.248 e. The number of benzene rings is 6. The van der Waals surface area contributed by atoms with Crippen LogP contribution in [0.25, 0.3) is 55.4 Å². The van der Waals surface area contributed by atoms with Gasteiger partial charge in [-0.25, -0.2) is 4.98 Å². The van der Waals surface area contributed by atoms with E-state index in [2.05, 4.69) is 148 Å². The SMILES string of the molecule is Cc1ccc2c(-c3ccc4ccccc4n3)c3cc(C)c(C)cc3c(C3=Cc4ccccc4CC3c3ccccc3)c2c1. The first-order valence-corrected chi connectivity index (χ1v) is 15.2. The van der Waals surface area contributed by atoms with Gasteiger partial charge in [0.05, 0.1) is 11.2 Å². The lowest BCUT2D eigenvalue weighted by Gasteiger charge is -2.30. The standard InChI is InChI=1S/C42H33N/c1-26-17-19-33-35(21-26)41(38-25-32-15-8-7-14-31(32)24-34(38)29-11-5-4-6-12-29)36-22-27(2)28(3)23-37(36)42(33)40-20-18-30-13-9-10-16-39(30)43-40/h4-23,25,34H,24H2,1-3H3. The second-order valence-electron chi connectivity index (χ2n) is 12.1. The fraction of sp³-hybridized carbons (Fsp3) is 0.119. The Labute approximate surface area is 253 Å². The molecule has 43 heavy (non-hydrogen) atoms. The highest BCUT2D eigenvalue weighted by molar-refractivity contribution is 6.20. The monoisotopic (exact) mass is 551 g/mol. The average Bonchev–Trinajstić information content (AvgIpc) is 3.04. The van der Waals surface area contributed by atoms with Crippen LogP contribution in [0.2, 0.25) is 0 Å². The third-order valence-electron chi connectivity index (χ3n) is 9.40. The van der Waals surface area contributed by atoms with Crippen LogP contribution in [-0.4, -0.2) is 4.98 Å². The van der Waals surface area contributed by atoms with Crippen molar-refractivity contribution in [3.05, 3.63) is 160 Å². The molecular formula is C42H33N. The number of rotatable bonds is 3. The summed E-state index contributed by atoms with van der Waals surface area (Å²) in [6.07, 6.45) is 3.45. The number of para-hydroxylation sites is 1. The van der Waals surface area contributed by atoms with Gasteiger partial charge in [-0.1, -0.05) is 121 Å². The quantitative estimate of drug-likeness (QED) is 0.199. The van der Waals surface area contributed by atoms with Crippen LogP contribution in [0.1, 0.15) is 44.9 Å². The Hall–Kier alpha value is -5.01. The maximum absolute atomic E-state index is 5.24. The molecule has 6 aromatic carbocycles. The number of pyridine rings is 1. The summed E-state index contributed by atoms with van der Waals surface area (Å²) >= 11 is 0. The van der Waals surface area contributed by atoms with Gasteiger partial charge in [-0.2, -0.15) is 0 Å². The Morgan fingerprint density at radius 2 is 1.28 bits per heavy atom. The Bertz CT molecular complexity index is 2240. The van der Waals surface area contributed by atoms with Gasteiger partial charge < -0.3 is 0 Å². The zero-order valence-corrected chi connectivity index (χ0v) is 24.9. The minimum absolute atomic E-state index is 0.259. The van der Waals surface area contributed by atoms with E-state index in [1.165, 1.54) is 71.6 Å². The molecule has 1 heterocycles. The normalized spacial score (nSPS) is 14.7. The van der Waals surface area contributed by atoms with Crippen LogP contribution in [-0.2, 0) is 6.42 Å². The van der Waals surface area contributed by atoms with E-state index in [4.69, 9.17) is 4.98 Å². The molecule has 1 heteroatoms. The highest BCUT2D eigenvalue weighted by Crippen LogP contribution is 2.49. The Morgan fingerprint density at radius 1 is 0.581 bits per heavy atom. The second kappa shape index (κ2) is 10.1. The molecule has 0 saturated carbocycles. The van der Waals surface area contributed by atoms with E-state index in [1.807, 2.05) is 0 Å². The van der Waals surface area contributed by atoms with Gasteiger partial charge in [0, 0.05) is 16.9 Å². The van der Waals surface area contributed by atoms with Crippen molar-refractivity contribution in [1.29, 1.82) is 0 Å². The molecule has 0 amide bonds. The third kappa shape index (κ3) is 4.27. The molecule has 0 N–H and O–H groups in total. The summed E-state index contributed by atoms with van der Waals surface area (Å²) in [6.45, 7) is 6.68. The zero-order chi connectivity index (χ0) is 29.1. The summed E-state index contributed by atoms with van der Waals surface area (Å²) in [6, 6.07) is 44.6. The molecule has 8 rings (SSSR count). The van der Waals surface area contributed by atoms with Crippen molar-refractivity contribution in [2.75, 3.05) is 0 Å². The molecule has 0 saturated heterocycles. The maximum Gasteiger partial charge on any atom is 0.0722 e. The van der Waals surface area contributed by atoms with Crippen molar-refractivity contribution in [1.82, 2.24) is 4.98 Å². The van der Waals surface area contributed by atoms with Gasteiger partial charge in [-0.05, 0) is 99.8 Å². The van der Waals surface area contributed by atoms with Gasteiger partial charge >= 0.3 is 0 Å². The van der Waals surface area contributed by atoms with Crippen LogP contribution in [0, 0.1) is 20.8 Å². The van der Waals surface area contributed by atoms with E-state index in [9.17, 15) is 0 Å². The van der Waals surface area contributed by atoms with Gasteiger partial charge in [0.25, 0.3) is 0 Å². The Balaban J connectivity index is 1.52. The molecule has 0 bridgehead atoms. The van der Waals surface area contributed by atoms with Gasteiger partial charge in [0.2, 0.25) is 0 Å². The van der Waals surface area contributed by atoms with Crippen molar-refractivity contribution in [2.24, 2.45) is 0 Å².